The highest BCUT2D eigenvalue weighted by Crippen LogP contribution is 2.22. The summed E-state index contributed by atoms with van der Waals surface area (Å²) in [6, 6.07) is 3.70. The molecule has 0 saturated carbocycles. The van der Waals surface area contributed by atoms with Gasteiger partial charge < -0.3 is 5.32 Å². The van der Waals surface area contributed by atoms with E-state index >= 15 is 0 Å². The van der Waals surface area contributed by atoms with Crippen LogP contribution in [0.15, 0.2) is 30.0 Å². The average Bonchev–Trinajstić information content (AvgIpc) is 2.20. The van der Waals surface area contributed by atoms with Crippen molar-refractivity contribution >= 4 is 11.4 Å². The van der Waals surface area contributed by atoms with Crippen LogP contribution in [0.1, 0.15) is 13.8 Å². The molecule has 1 aromatic carbocycles. The van der Waals surface area contributed by atoms with E-state index in [0.29, 0.717) is 5.69 Å². The van der Waals surface area contributed by atoms with E-state index in [1.807, 2.05) is 19.9 Å². The molecule has 1 rings (SSSR count). The van der Waals surface area contributed by atoms with Gasteiger partial charge in [-0.3, -0.25) is 10.1 Å². The fourth-order valence-electron chi connectivity index (χ4n) is 1.03. The molecule has 80 valence electrons. The zero-order valence-electron chi connectivity index (χ0n) is 8.45. The molecule has 1 N–H and O–H groups in total. The van der Waals surface area contributed by atoms with Crippen LogP contribution in [0.25, 0.3) is 0 Å². The van der Waals surface area contributed by atoms with Crippen LogP contribution in [-0.4, -0.2) is 4.92 Å². The Labute approximate surface area is 86.6 Å². The number of nitro benzene ring substituents is 1. The van der Waals surface area contributed by atoms with Crippen molar-refractivity contribution in [1.29, 1.82) is 0 Å². The van der Waals surface area contributed by atoms with Crippen molar-refractivity contribution in [2.75, 3.05) is 5.32 Å². The van der Waals surface area contributed by atoms with Crippen molar-refractivity contribution in [2.24, 2.45) is 0 Å². The Morgan fingerprint density at radius 1 is 1.60 bits per heavy atom. The molecule has 5 heteroatoms. The van der Waals surface area contributed by atoms with Gasteiger partial charge in [0.2, 0.25) is 5.82 Å². The summed E-state index contributed by atoms with van der Waals surface area (Å²) >= 11 is 0. The van der Waals surface area contributed by atoms with Crippen molar-refractivity contribution in [3.8, 4) is 0 Å². The van der Waals surface area contributed by atoms with Gasteiger partial charge in [-0.25, -0.2) is 0 Å². The number of rotatable bonds is 3. The minimum atomic E-state index is -0.830. The Hall–Kier alpha value is -1.91. The molecule has 0 radical (unpaired) electrons. The predicted molar refractivity (Wildman–Crippen MR) is 56.1 cm³/mol. The first kappa shape index (κ1) is 11.2. The van der Waals surface area contributed by atoms with E-state index in [2.05, 4.69) is 5.32 Å². The van der Waals surface area contributed by atoms with Crippen LogP contribution >= 0.6 is 0 Å². The molecule has 0 fully saturated rings. The largest absolute Gasteiger partial charge is 0.359 e. The van der Waals surface area contributed by atoms with Crippen LogP contribution in [0.3, 0.4) is 0 Å². The fourth-order valence-corrected chi connectivity index (χ4v) is 1.03. The molecule has 0 atom stereocenters. The highest BCUT2D eigenvalue weighted by atomic mass is 19.1. The summed E-state index contributed by atoms with van der Waals surface area (Å²) < 4.78 is 13.0. The Bertz CT molecular complexity index is 416. The Kier molecular flexibility index (Phi) is 3.38. The first-order valence-electron chi connectivity index (χ1n) is 4.38. The molecule has 0 aliphatic heterocycles. The van der Waals surface area contributed by atoms with E-state index in [1.165, 1.54) is 12.1 Å². The molecule has 0 spiro atoms. The molecule has 1 aromatic rings. The number of hydrogen-bond acceptors (Lipinski definition) is 3. The predicted octanol–water partition coefficient (Wildman–Crippen LogP) is 3.07. The lowest BCUT2D eigenvalue weighted by Gasteiger charge is -2.05. The smallest absolute Gasteiger partial charge is 0.306 e. The molecule has 0 amide bonds. The third-order valence-corrected chi connectivity index (χ3v) is 1.92. The maximum atomic E-state index is 13.0. The molecule has 0 aromatic heterocycles. The summed E-state index contributed by atoms with van der Waals surface area (Å²) in [5.41, 5.74) is 0.818. The zero-order chi connectivity index (χ0) is 11.4. The molecule has 0 unspecified atom stereocenters. The number of allylic oxidation sites excluding steroid dienone is 2. The quantitative estimate of drug-likeness (QED) is 0.616. The second kappa shape index (κ2) is 4.54. The van der Waals surface area contributed by atoms with Gasteiger partial charge in [0.15, 0.2) is 0 Å². The van der Waals surface area contributed by atoms with E-state index in [4.69, 9.17) is 0 Å². The fraction of sp³-hybridized carbons (Fsp3) is 0.200. The molecular formula is C10H11FN2O2. The number of halogens is 1. The zero-order valence-corrected chi connectivity index (χ0v) is 8.45. The van der Waals surface area contributed by atoms with Gasteiger partial charge in [0.25, 0.3) is 0 Å². The molecule has 0 aliphatic carbocycles. The minimum Gasteiger partial charge on any atom is -0.359 e. The van der Waals surface area contributed by atoms with Crippen LogP contribution in [0, 0.1) is 15.9 Å². The molecule has 0 bridgehead atoms. The van der Waals surface area contributed by atoms with E-state index in [-0.39, 0.29) is 0 Å². The maximum absolute atomic E-state index is 13.0. The normalized spacial score (nSPS) is 11.3. The number of nitrogens with one attached hydrogen (secondary N) is 1. The minimum absolute atomic E-state index is 0.499. The standard InChI is InChI=1S/C10H11FN2O2/c1-3-7(2)12-8-4-5-9(11)10(6-8)13(14)15/h3-6,12H,1-2H3. The molecule has 0 saturated heterocycles. The molecule has 0 aliphatic rings. The number of benzene rings is 1. The van der Waals surface area contributed by atoms with Crippen molar-refractivity contribution in [3.05, 3.63) is 45.9 Å². The van der Waals surface area contributed by atoms with Crippen LogP contribution in [0.4, 0.5) is 15.8 Å². The molecule has 0 heterocycles. The third kappa shape index (κ3) is 2.77. The Balaban J connectivity index is 3.03. The van der Waals surface area contributed by atoms with Crippen LogP contribution in [0.5, 0.6) is 0 Å². The number of anilines is 1. The van der Waals surface area contributed by atoms with Crippen molar-refractivity contribution in [3.63, 3.8) is 0 Å². The van der Waals surface area contributed by atoms with Gasteiger partial charge in [0.05, 0.1) is 4.92 Å². The second-order valence-corrected chi connectivity index (χ2v) is 3.02. The molecule has 4 nitrogen and oxygen atoms in total. The summed E-state index contributed by atoms with van der Waals surface area (Å²) in [6.45, 7) is 3.65. The number of nitro groups is 1. The lowest BCUT2D eigenvalue weighted by molar-refractivity contribution is -0.387. The highest BCUT2D eigenvalue weighted by Gasteiger charge is 2.13. The maximum Gasteiger partial charge on any atom is 0.306 e. The van der Waals surface area contributed by atoms with Crippen LogP contribution in [-0.2, 0) is 0 Å². The summed E-state index contributed by atoms with van der Waals surface area (Å²) in [5.74, 6) is -0.830. The van der Waals surface area contributed by atoms with E-state index in [1.54, 1.807) is 0 Å². The summed E-state index contributed by atoms with van der Waals surface area (Å²) in [4.78, 5) is 9.71. The lowest BCUT2D eigenvalue weighted by atomic mass is 10.2. The van der Waals surface area contributed by atoms with E-state index in [0.717, 1.165) is 11.8 Å². The first-order valence-corrected chi connectivity index (χ1v) is 4.38. The van der Waals surface area contributed by atoms with Crippen molar-refractivity contribution in [2.45, 2.75) is 13.8 Å². The Morgan fingerprint density at radius 3 is 2.80 bits per heavy atom. The average molecular weight is 210 g/mol. The SMILES string of the molecule is CC=C(C)Nc1ccc(F)c([N+](=O)[O-])c1. The lowest BCUT2D eigenvalue weighted by Crippen LogP contribution is -1.98. The third-order valence-electron chi connectivity index (χ3n) is 1.92. The van der Waals surface area contributed by atoms with E-state index < -0.39 is 16.4 Å². The van der Waals surface area contributed by atoms with Gasteiger partial charge in [-0.1, -0.05) is 6.08 Å². The van der Waals surface area contributed by atoms with Gasteiger partial charge in [0, 0.05) is 17.5 Å². The van der Waals surface area contributed by atoms with Crippen LogP contribution < -0.4 is 5.32 Å². The van der Waals surface area contributed by atoms with Gasteiger partial charge in [-0.2, -0.15) is 4.39 Å². The second-order valence-electron chi connectivity index (χ2n) is 3.02. The van der Waals surface area contributed by atoms with Gasteiger partial charge in [0.1, 0.15) is 0 Å². The highest BCUT2D eigenvalue weighted by molar-refractivity contribution is 5.54. The Morgan fingerprint density at radius 2 is 2.27 bits per heavy atom. The monoisotopic (exact) mass is 210 g/mol. The van der Waals surface area contributed by atoms with Crippen LogP contribution in [0.2, 0.25) is 0 Å². The topological polar surface area (TPSA) is 55.2 Å². The van der Waals surface area contributed by atoms with Gasteiger partial charge >= 0.3 is 5.69 Å². The number of nitrogens with zero attached hydrogens (tertiary/aromatic N) is 1. The van der Waals surface area contributed by atoms with E-state index in [9.17, 15) is 14.5 Å². The molecule has 15 heavy (non-hydrogen) atoms. The summed E-state index contributed by atoms with van der Waals surface area (Å²) in [6.07, 6.45) is 1.81. The number of hydrogen-bond donors (Lipinski definition) is 1. The van der Waals surface area contributed by atoms with Crippen molar-refractivity contribution in [1.82, 2.24) is 0 Å². The molecular weight excluding hydrogens is 199 g/mol. The van der Waals surface area contributed by atoms with Gasteiger partial charge in [-0.05, 0) is 26.0 Å². The summed E-state index contributed by atoms with van der Waals surface area (Å²) in [5, 5.41) is 13.4. The van der Waals surface area contributed by atoms with Gasteiger partial charge in [-0.15, -0.1) is 0 Å². The first-order chi connectivity index (χ1) is 7.04. The summed E-state index contributed by atoms with van der Waals surface area (Å²) in [7, 11) is 0. The van der Waals surface area contributed by atoms with Crippen molar-refractivity contribution < 1.29 is 9.31 Å².